The van der Waals surface area contributed by atoms with Crippen molar-refractivity contribution in [3.63, 3.8) is 0 Å². The third-order valence-corrected chi connectivity index (χ3v) is 4.18. The number of para-hydroxylation sites is 1. The third-order valence-electron chi connectivity index (χ3n) is 4.18. The molecule has 0 unspecified atom stereocenters. The summed E-state index contributed by atoms with van der Waals surface area (Å²) in [6, 6.07) is 5.85. The van der Waals surface area contributed by atoms with E-state index in [1.807, 2.05) is 52.8 Å². The molecule has 1 rings (SSSR count). The van der Waals surface area contributed by atoms with E-state index in [1.54, 1.807) is 11.9 Å². The van der Waals surface area contributed by atoms with Gasteiger partial charge < -0.3 is 15.5 Å². The van der Waals surface area contributed by atoms with Crippen LogP contribution < -0.4 is 10.6 Å². The van der Waals surface area contributed by atoms with Crippen LogP contribution >= 0.6 is 0 Å². The zero-order valence-corrected chi connectivity index (χ0v) is 17.3. The van der Waals surface area contributed by atoms with Crippen molar-refractivity contribution in [2.45, 2.75) is 40.7 Å². The molecule has 0 bridgehead atoms. The number of hydrogen-bond acceptors (Lipinski definition) is 4. The SMILES string of the molecule is CCN(CC(=O)NC(C)C)CC(=O)N(C)CC(=O)Nc1c(C)cccc1C. The van der Waals surface area contributed by atoms with E-state index in [0.29, 0.717) is 6.54 Å². The van der Waals surface area contributed by atoms with Crippen molar-refractivity contribution in [2.24, 2.45) is 0 Å². The molecule has 27 heavy (non-hydrogen) atoms. The first kappa shape index (κ1) is 22.6. The van der Waals surface area contributed by atoms with Crippen LogP contribution in [0.25, 0.3) is 0 Å². The second-order valence-electron chi connectivity index (χ2n) is 7.09. The molecule has 0 heterocycles. The number of carbonyl (C=O) groups is 3. The standard InChI is InChI=1S/C20H32N4O3/c1-7-24(12-18(26)21-14(2)3)13-19(27)23(6)11-17(25)22-20-15(4)9-8-10-16(20)5/h8-10,14H,7,11-13H2,1-6H3,(H,21,26)(H,22,25). The van der Waals surface area contributed by atoms with E-state index < -0.39 is 0 Å². The maximum Gasteiger partial charge on any atom is 0.243 e. The molecule has 7 heteroatoms. The second kappa shape index (κ2) is 10.7. The number of hydrogen-bond donors (Lipinski definition) is 2. The van der Waals surface area contributed by atoms with E-state index in [4.69, 9.17) is 0 Å². The summed E-state index contributed by atoms with van der Waals surface area (Å²) in [5.41, 5.74) is 2.74. The number of carbonyl (C=O) groups excluding carboxylic acids is 3. The van der Waals surface area contributed by atoms with Crippen molar-refractivity contribution in [2.75, 3.05) is 38.5 Å². The Hall–Kier alpha value is -2.41. The highest BCUT2D eigenvalue weighted by Gasteiger charge is 2.18. The Morgan fingerprint density at radius 2 is 1.59 bits per heavy atom. The molecule has 1 aromatic rings. The van der Waals surface area contributed by atoms with Crippen molar-refractivity contribution in [1.29, 1.82) is 0 Å². The normalized spacial score (nSPS) is 10.8. The first-order chi connectivity index (χ1) is 12.6. The monoisotopic (exact) mass is 376 g/mol. The number of aryl methyl sites for hydroxylation is 2. The lowest BCUT2D eigenvalue weighted by atomic mass is 10.1. The molecule has 150 valence electrons. The summed E-state index contributed by atoms with van der Waals surface area (Å²) < 4.78 is 0. The van der Waals surface area contributed by atoms with Crippen LogP contribution in [0.4, 0.5) is 5.69 Å². The lowest BCUT2D eigenvalue weighted by Gasteiger charge is -2.24. The minimum absolute atomic E-state index is 0.0393. The van der Waals surface area contributed by atoms with Gasteiger partial charge in [0.15, 0.2) is 0 Å². The minimum Gasteiger partial charge on any atom is -0.353 e. The average Bonchev–Trinajstić information content (AvgIpc) is 2.56. The van der Waals surface area contributed by atoms with Gasteiger partial charge in [0, 0.05) is 18.8 Å². The van der Waals surface area contributed by atoms with E-state index in [9.17, 15) is 14.4 Å². The molecule has 0 saturated heterocycles. The third kappa shape index (κ3) is 7.78. The van der Waals surface area contributed by atoms with Crippen molar-refractivity contribution in [3.8, 4) is 0 Å². The maximum absolute atomic E-state index is 12.4. The summed E-state index contributed by atoms with van der Waals surface area (Å²) in [6.45, 7) is 10.3. The maximum atomic E-state index is 12.4. The Kier molecular flexibility index (Phi) is 8.94. The molecule has 7 nitrogen and oxygen atoms in total. The fraction of sp³-hybridized carbons (Fsp3) is 0.550. The Balaban J connectivity index is 2.57. The Morgan fingerprint density at radius 3 is 2.11 bits per heavy atom. The van der Waals surface area contributed by atoms with Gasteiger partial charge in [-0.25, -0.2) is 0 Å². The van der Waals surface area contributed by atoms with Crippen LogP contribution in [0, 0.1) is 13.8 Å². The molecule has 2 N–H and O–H groups in total. The van der Waals surface area contributed by atoms with E-state index >= 15 is 0 Å². The van der Waals surface area contributed by atoms with Gasteiger partial charge in [0.1, 0.15) is 0 Å². The highest BCUT2D eigenvalue weighted by atomic mass is 16.2. The van der Waals surface area contributed by atoms with E-state index in [2.05, 4.69) is 10.6 Å². The average molecular weight is 377 g/mol. The highest BCUT2D eigenvalue weighted by Crippen LogP contribution is 2.19. The number of benzene rings is 1. The van der Waals surface area contributed by atoms with Gasteiger partial charge in [-0.15, -0.1) is 0 Å². The molecule has 0 radical (unpaired) electrons. The molecule has 3 amide bonds. The van der Waals surface area contributed by atoms with Crippen LogP contribution in [0.3, 0.4) is 0 Å². The first-order valence-corrected chi connectivity index (χ1v) is 9.25. The molecule has 1 aromatic carbocycles. The van der Waals surface area contributed by atoms with Gasteiger partial charge in [-0.05, 0) is 45.4 Å². The Morgan fingerprint density at radius 1 is 1.00 bits per heavy atom. The van der Waals surface area contributed by atoms with Gasteiger partial charge in [0.2, 0.25) is 17.7 Å². The summed E-state index contributed by atoms with van der Waals surface area (Å²) in [5, 5.41) is 5.69. The summed E-state index contributed by atoms with van der Waals surface area (Å²) in [6.07, 6.45) is 0. The van der Waals surface area contributed by atoms with Crippen LogP contribution in [-0.2, 0) is 14.4 Å². The van der Waals surface area contributed by atoms with Crippen LogP contribution in [0.5, 0.6) is 0 Å². The number of nitrogens with one attached hydrogen (secondary N) is 2. The molecule has 0 spiro atoms. The summed E-state index contributed by atoms with van der Waals surface area (Å²) in [4.78, 5) is 39.7. The fourth-order valence-electron chi connectivity index (χ4n) is 2.66. The Labute approximate surface area is 162 Å². The molecule has 0 aliphatic heterocycles. The molecule has 0 saturated carbocycles. The predicted octanol–water partition coefficient (Wildman–Crippen LogP) is 1.55. The number of rotatable bonds is 9. The zero-order valence-electron chi connectivity index (χ0n) is 17.3. The van der Waals surface area contributed by atoms with Crippen molar-refractivity contribution in [1.82, 2.24) is 15.1 Å². The molecule has 0 atom stereocenters. The molecule has 0 aromatic heterocycles. The molecule has 0 aliphatic carbocycles. The van der Waals surface area contributed by atoms with Gasteiger partial charge in [-0.1, -0.05) is 25.1 Å². The topological polar surface area (TPSA) is 81.8 Å². The molecule has 0 fully saturated rings. The van der Waals surface area contributed by atoms with Crippen LogP contribution in [-0.4, -0.2) is 66.8 Å². The largest absolute Gasteiger partial charge is 0.353 e. The summed E-state index contributed by atoms with van der Waals surface area (Å²) in [5.74, 6) is -0.565. The summed E-state index contributed by atoms with van der Waals surface area (Å²) >= 11 is 0. The van der Waals surface area contributed by atoms with E-state index in [-0.39, 0.29) is 43.4 Å². The number of amides is 3. The highest BCUT2D eigenvalue weighted by molar-refractivity contribution is 5.96. The second-order valence-corrected chi connectivity index (χ2v) is 7.09. The van der Waals surface area contributed by atoms with Crippen molar-refractivity contribution < 1.29 is 14.4 Å². The summed E-state index contributed by atoms with van der Waals surface area (Å²) in [7, 11) is 1.59. The number of anilines is 1. The lowest BCUT2D eigenvalue weighted by Crippen LogP contribution is -2.45. The van der Waals surface area contributed by atoms with Gasteiger partial charge in [-0.2, -0.15) is 0 Å². The van der Waals surface area contributed by atoms with E-state index in [0.717, 1.165) is 16.8 Å². The van der Waals surface area contributed by atoms with E-state index in [1.165, 1.54) is 4.90 Å². The van der Waals surface area contributed by atoms with Gasteiger partial charge in [-0.3, -0.25) is 19.3 Å². The number of nitrogens with zero attached hydrogens (tertiary/aromatic N) is 2. The molecular formula is C20H32N4O3. The quantitative estimate of drug-likeness (QED) is 0.685. The van der Waals surface area contributed by atoms with Crippen LogP contribution in [0.2, 0.25) is 0 Å². The number of likely N-dealkylation sites (N-methyl/N-ethyl adjacent to an activating group) is 2. The zero-order chi connectivity index (χ0) is 20.6. The minimum atomic E-state index is -0.246. The van der Waals surface area contributed by atoms with Crippen molar-refractivity contribution in [3.05, 3.63) is 29.3 Å². The Bertz CT molecular complexity index is 653. The first-order valence-electron chi connectivity index (χ1n) is 9.25. The van der Waals surface area contributed by atoms with Crippen LogP contribution in [0.15, 0.2) is 18.2 Å². The fourth-order valence-corrected chi connectivity index (χ4v) is 2.66. The van der Waals surface area contributed by atoms with Gasteiger partial charge >= 0.3 is 0 Å². The lowest BCUT2D eigenvalue weighted by molar-refractivity contribution is -0.135. The van der Waals surface area contributed by atoms with Crippen molar-refractivity contribution >= 4 is 23.4 Å². The smallest absolute Gasteiger partial charge is 0.243 e. The van der Waals surface area contributed by atoms with Crippen LogP contribution in [0.1, 0.15) is 31.9 Å². The molecule has 0 aliphatic rings. The molecular weight excluding hydrogens is 344 g/mol. The van der Waals surface area contributed by atoms with Gasteiger partial charge in [0.25, 0.3) is 0 Å². The predicted molar refractivity (Wildman–Crippen MR) is 108 cm³/mol. The van der Waals surface area contributed by atoms with Gasteiger partial charge in [0.05, 0.1) is 19.6 Å².